The van der Waals surface area contributed by atoms with Gasteiger partial charge in [-0.3, -0.25) is 0 Å². The summed E-state index contributed by atoms with van der Waals surface area (Å²) in [7, 11) is 0. The van der Waals surface area contributed by atoms with Crippen molar-refractivity contribution in [1.29, 1.82) is 0 Å². The van der Waals surface area contributed by atoms with Gasteiger partial charge in [0, 0.05) is 24.2 Å². The molecular formula is C25H18F3N3O3. The molecule has 5 rings (SSSR count). The minimum absolute atomic E-state index is 0.0508. The molecule has 0 spiro atoms. The first kappa shape index (κ1) is 21.7. The largest absolute Gasteiger partial charge is 0.465 e. The lowest BCUT2D eigenvalue weighted by Crippen LogP contribution is -2.34. The molecule has 2 heterocycles. The lowest BCUT2D eigenvalue weighted by Gasteiger charge is -2.26. The predicted molar refractivity (Wildman–Crippen MR) is 118 cm³/mol. The third kappa shape index (κ3) is 4.12. The Morgan fingerprint density at radius 3 is 2.44 bits per heavy atom. The smallest absolute Gasteiger partial charge is 0.417 e. The molecule has 0 atom stereocenters. The zero-order chi connectivity index (χ0) is 23.9. The minimum atomic E-state index is -4.56. The monoisotopic (exact) mass is 465 g/mol. The molecule has 172 valence electrons. The average molecular weight is 465 g/mol. The van der Waals surface area contributed by atoms with Crippen molar-refractivity contribution in [3.63, 3.8) is 0 Å². The van der Waals surface area contributed by atoms with Crippen LogP contribution in [0.3, 0.4) is 0 Å². The maximum absolute atomic E-state index is 13.8. The van der Waals surface area contributed by atoms with Crippen LogP contribution in [-0.2, 0) is 19.1 Å². The van der Waals surface area contributed by atoms with Gasteiger partial charge in [-0.25, -0.2) is 4.79 Å². The van der Waals surface area contributed by atoms with Gasteiger partial charge in [-0.05, 0) is 46.9 Å². The molecule has 0 unspecified atom stereocenters. The van der Waals surface area contributed by atoms with E-state index in [4.69, 9.17) is 4.52 Å². The van der Waals surface area contributed by atoms with Gasteiger partial charge < -0.3 is 14.5 Å². The highest BCUT2D eigenvalue weighted by atomic mass is 19.4. The zero-order valence-corrected chi connectivity index (χ0v) is 17.7. The van der Waals surface area contributed by atoms with Crippen LogP contribution in [0.5, 0.6) is 0 Å². The molecule has 1 aromatic heterocycles. The van der Waals surface area contributed by atoms with Gasteiger partial charge in [-0.1, -0.05) is 53.7 Å². The number of hydrogen-bond acceptors (Lipinski definition) is 4. The van der Waals surface area contributed by atoms with Gasteiger partial charge in [0.1, 0.15) is 0 Å². The van der Waals surface area contributed by atoms with E-state index in [-0.39, 0.29) is 22.8 Å². The normalized spacial score (nSPS) is 13.6. The topological polar surface area (TPSA) is 79.5 Å². The molecule has 1 aliphatic heterocycles. The molecule has 0 radical (unpaired) electrons. The van der Waals surface area contributed by atoms with E-state index < -0.39 is 17.8 Å². The van der Waals surface area contributed by atoms with Crippen LogP contribution in [0.15, 0.2) is 71.3 Å². The molecule has 3 aromatic carbocycles. The van der Waals surface area contributed by atoms with E-state index in [1.54, 1.807) is 48.5 Å². The average Bonchev–Trinajstić information content (AvgIpc) is 3.33. The molecule has 1 N–H and O–H groups in total. The van der Waals surface area contributed by atoms with Gasteiger partial charge in [-0.2, -0.15) is 18.2 Å². The number of carbonyl (C=O) groups is 1. The summed E-state index contributed by atoms with van der Waals surface area (Å²) < 4.78 is 46.8. The Morgan fingerprint density at radius 2 is 1.71 bits per heavy atom. The highest BCUT2D eigenvalue weighted by molar-refractivity contribution is 5.73. The Balaban J connectivity index is 1.47. The van der Waals surface area contributed by atoms with Crippen molar-refractivity contribution < 1.29 is 27.6 Å². The van der Waals surface area contributed by atoms with E-state index in [0.29, 0.717) is 30.6 Å². The van der Waals surface area contributed by atoms with Crippen LogP contribution in [0, 0.1) is 0 Å². The molecule has 1 aliphatic rings. The maximum atomic E-state index is 13.8. The number of fused-ring (bicyclic) bond motifs is 1. The summed E-state index contributed by atoms with van der Waals surface area (Å²) in [4.78, 5) is 16.9. The predicted octanol–water partition coefficient (Wildman–Crippen LogP) is 6.13. The quantitative estimate of drug-likeness (QED) is 0.394. The summed E-state index contributed by atoms with van der Waals surface area (Å²) in [6.45, 7) is 0.683. The lowest BCUT2D eigenvalue weighted by molar-refractivity contribution is -0.137. The van der Waals surface area contributed by atoms with E-state index >= 15 is 0 Å². The Bertz CT molecular complexity index is 1370. The molecule has 0 saturated heterocycles. The minimum Gasteiger partial charge on any atom is -0.465 e. The molecule has 0 bridgehead atoms. The summed E-state index contributed by atoms with van der Waals surface area (Å²) in [6, 6.07) is 17.8. The standard InChI is InChI=1S/C25H18F3N3O3/c26-25(27,28)21-13-17(8-9-20(21)15-4-2-1-3-5-15)22-29-23(34-30-22)18-6-7-19-14-31(24(32)33)11-10-16(19)12-18/h1-9,12-13H,10-11,14H2,(H,32,33). The number of halogens is 3. The van der Waals surface area contributed by atoms with E-state index in [2.05, 4.69) is 10.1 Å². The van der Waals surface area contributed by atoms with Crippen LogP contribution in [0.4, 0.5) is 18.0 Å². The van der Waals surface area contributed by atoms with Crippen molar-refractivity contribution >= 4 is 6.09 Å². The molecule has 9 heteroatoms. The first-order chi connectivity index (χ1) is 16.3. The first-order valence-corrected chi connectivity index (χ1v) is 10.5. The molecule has 0 saturated carbocycles. The fourth-order valence-corrected chi connectivity index (χ4v) is 4.09. The fourth-order valence-electron chi connectivity index (χ4n) is 4.09. The summed E-state index contributed by atoms with van der Waals surface area (Å²) in [5.41, 5.74) is 2.44. The van der Waals surface area contributed by atoms with Crippen molar-refractivity contribution in [1.82, 2.24) is 15.0 Å². The number of amides is 1. The number of nitrogens with zero attached hydrogens (tertiary/aromatic N) is 3. The first-order valence-electron chi connectivity index (χ1n) is 10.5. The second-order valence-electron chi connectivity index (χ2n) is 7.98. The zero-order valence-electron chi connectivity index (χ0n) is 17.7. The van der Waals surface area contributed by atoms with Crippen LogP contribution in [0.2, 0.25) is 0 Å². The molecule has 0 fully saturated rings. The molecule has 34 heavy (non-hydrogen) atoms. The van der Waals surface area contributed by atoms with Crippen LogP contribution in [-0.4, -0.2) is 32.8 Å². The molecular weight excluding hydrogens is 447 g/mol. The Morgan fingerprint density at radius 1 is 0.941 bits per heavy atom. The van der Waals surface area contributed by atoms with Crippen molar-refractivity contribution in [2.75, 3.05) is 6.54 Å². The number of aromatic nitrogens is 2. The van der Waals surface area contributed by atoms with E-state index in [1.165, 1.54) is 11.0 Å². The van der Waals surface area contributed by atoms with Crippen LogP contribution in [0.1, 0.15) is 16.7 Å². The molecule has 1 amide bonds. The van der Waals surface area contributed by atoms with E-state index in [0.717, 1.165) is 17.2 Å². The van der Waals surface area contributed by atoms with Crippen molar-refractivity contribution in [2.24, 2.45) is 0 Å². The maximum Gasteiger partial charge on any atom is 0.417 e. The number of rotatable bonds is 3. The fraction of sp³-hybridized carbons (Fsp3) is 0.160. The molecule has 6 nitrogen and oxygen atoms in total. The van der Waals surface area contributed by atoms with Crippen molar-refractivity contribution in [3.8, 4) is 34.0 Å². The van der Waals surface area contributed by atoms with Gasteiger partial charge in [0.2, 0.25) is 5.82 Å². The Hall–Kier alpha value is -4.14. The van der Waals surface area contributed by atoms with Crippen molar-refractivity contribution in [2.45, 2.75) is 19.1 Å². The Kier molecular flexibility index (Phi) is 5.31. The number of hydrogen-bond donors (Lipinski definition) is 1. The summed E-state index contributed by atoms with van der Waals surface area (Å²) in [6.07, 6.45) is -4.98. The Labute approximate surface area is 192 Å². The SMILES string of the molecule is O=C(O)N1CCc2cc(-c3nc(-c4ccc(-c5ccccc5)c(C(F)(F)F)c4)no3)ccc2C1. The summed E-state index contributed by atoms with van der Waals surface area (Å²) in [5.74, 6) is 0.231. The highest BCUT2D eigenvalue weighted by Gasteiger charge is 2.34. The molecule has 4 aromatic rings. The van der Waals surface area contributed by atoms with Crippen LogP contribution in [0.25, 0.3) is 34.0 Å². The van der Waals surface area contributed by atoms with E-state index in [9.17, 15) is 23.1 Å². The lowest BCUT2D eigenvalue weighted by atomic mass is 9.97. The second-order valence-corrected chi connectivity index (χ2v) is 7.98. The van der Waals surface area contributed by atoms with Gasteiger partial charge in [0.15, 0.2) is 0 Å². The number of benzene rings is 3. The van der Waals surface area contributed by atoms with Crippen LogP contribution < -0.4 is 0 Å². The van der Waals surface area contributed by atoms with Crippen molar-refractivity contribution in [3.05, 3.63) is 83.4 Å². The number of carboxylic acid groups (broad SMARTS) is 1. The molecule has 0 aliphatic carbocycles. The van der Waals surface area contributed by atoms with Gasteiger partial charge in [0.05, 0.1) is 5.56 Å². The number of alkyl halides is 3. The van der Waals surface area contributed by atoms with Gasteiger partial charge in [0.25, 0.3) is 5.89 Å². The highest BCUT2D eigenvalue weighted by Crippen LogP contribution is 2.39. The third-order valence-electron chi connectivity index (χ3n) is 5.83. The van der Waals surface area contributed by atoms with Gasteiger partial charge >= 0.3 is 12.3 Å². The summed E-state index contributed by atoms with van der Waals surface area (Å²) >= 11 is 0. The second kappa shape index (κ2) is 8.33. The van der Waals surface area contributed by atoms with Crippen LogP contribution >= 0.6 is 0 Å². The van der Waals surface area contributed by atoms with E-state index in [1.807, 2.05) is 6.07 Å². The van der Waals surface area contributed by atoms with Gasteiger partial charge in [-0.15, -0.1) is 0 Å². The summed E-state index contributed by atoms with van der Waals surface area (Å²) in [5, 5.41) is 13.1. The third-order valence-corrected chi connectivity index (χ3v) is 5.83.